The highest BCUT2D eigenvalue weighted by molar-refractivity contribution is 5.97. The summed E-state index contributed by atoms with van der Waals surface area (Å²) < 4.78 is 46.1. The van der Waals surface area contributed by atoms with Crippen molar-refractivity contribution in [3.05, 3.63) is 59.7 Å². The zero-order chi connectivity index (χ0) is 23.9. The number of likely N-dealkylation sites (N-methyl/N-ethyl adjacent to an activating group) is 1. The van der Waals surface area contributed by atoms with E-state index in [-0.39, 0.29) is 17.9 Å². The minimum Gasteiger partial charge on any atom is -0.496 e. The summed E-state index contributed by atoms with van der Waals surface area (Å²) in [6.45, 7) is 1.85. The second kappa shape index (κ2) is 10.5. The van der Waals surface area contributed by atoms with Gasteiger partial charge in [0.05, 0.1) is 7.11 Å². The number of nitrogens with one attached hydrogen (secondary N) is 1. The minimum absolute atomic E-state index is 0.0295. The highest BCUT2D eigenvalue weighted by Crippen LogP contribution is 2.30. The minimum atomic E-state index is -4.85. The normalized spacial score (nSPS) is 12.8. The number of rotatable bonds is 8. The van der Waals surface area contributed by atoms with E-state index in [0.29, 0.717) is 5.75 Å². The van der Waals surface area contributed by atoms with E-state index in [1.807, 2.05) is 19.1 Å². The standard InChI is InChI=1S/C22H22F3N3O4/c1-14(17-6-4-5-7-19(17)31-3)12-18(21(30)28(2)13-26)27-20(29)15-8-10-16(11-9-15)32-22(23,24)25/h4-11,14,18H,12H2,1-3H3,(H,27,29)/t14?,18-/m0/s1. The van der Waals surface area contributed by atoms with E-state index in [4.69, 9.17) is 10.00 Å². The van der Waals surface area contributed by atoms with Gasteiger partial charge in [0.2, 0.25) is 0 Å². The van der Waals surface area contributed by atoms with Crippen LogP contribution in [0.4, 0.5) is 13.2 Å². The van der Waals surface area contributed by atoms with Crippen LogP contribution >= 0.6 is 0 Å². The third-order valence-electron chi connectivity index (χ3n) is 4.69. The summed E-state index contributed by atoms with van der Waals surface area (Å²) in [7, 11) is 2.80. The van der Waals surface area contributed by atoms with Crippen molar-refractivity contribution in [2.24, 2.45) is 0 Å². The predicted molar refractivity (Wildman–Crippen MR) is 109 cm³/mol. The molecule has 0 fully saturated rings. The van der Waals surface area contributed by atoms with Crippen LogP contribution in [0.25, 0.3) is 0 Å². The number of amides is 2. The molecule has 0 heterocycles. The number of nitriles is 1. The fraction of sp³-hybridized carbons (Fsp3) is 0.318. The molecule has 32 heavy (non-hydrogen) atoms. The van der Waals surface area contributed by atoms with Gasteiger partial charge in [0.15, 0.2) is 6.19 Å². The van der Waals surface area contributed by atoms with Crippen molar-refractivity contribution < 1.29 is 32.2 Å². The van der Waals surface area contributed by atoms with E-state index in [2.05, 4.69) is 10.1 Å². The van der Waals surface area contributed by atoms with Crippen molar-refractivity contribution in [1.82, 2.24) is 10.2 Å². The molecule has 0 aliphatic heterocycles. The highest BCUT2D eigenvalue weighted by atomic mass is 19.4. The van der Waals surface area contributed by atoms with Crippen LogP contribution in [0.1, 0.15) is 35.2 Å². The van der Waals surface area contributed by atoms with E-state index < -0.39 is 30.0 Å². The molecule has 0 saturated heterocycles. The summed E-state index contributed by atoms with van der Waals surface area (Å²) in [5.41, 5.74) is 0.845. The summed E-state index contributed by atoms with van der Waals surface area (Å²) in [6, 6.07) is 10.5. The molecule has 2 rings (SSSR count). The summed E-state index contributed by atoms with van der Waals surface area (Å²) in [4.78, 5) is 26.1. The smallest absolute Gasteiger partial charge is 0.496 e. The Hall–Kier alpha value is -3.74. The Labute approximate surface area is 183 Å². The van der Waals surface area contributed by atoms with Crippen LogP contribution in [0.15, 0.2) is 48.5 Å². The summed E-state index contributed by atoms with van der Waals surface area (Å²) in [6.07, 6.45) is -2.98. The van der Waals surface area contributed by atoms with Crippen molar-refractivity contribution in [2.75, 3.05) is 14.2 Å². The molecule has 1 unspecified atom stereocenters. The molecule has 2 aromatic rings. The van der Waals surface area contributed by atoms with Crippen molar-refractivity contribution in [1.29, 1.82) is 5.26 Å². The second-order valence-corrected chi connectivity index (χ2v) is 6.97. The lowest BCUT2D eigenvalue weighted by atomic mass is 9.92. The van der Waals surface area contributed by atoms with Gasteiger partial charge in [-0.3, -0.25) is 14.5 Å². The van der Waals surface area contributed by atoms with Gasteiger partial charge in [-0.1, -0.05) is 25.1 Å². The number of benzene rings is 2. The van der Waals surface area contributed by atoms with Gasteiger partial charge >= 0.3 is 6.36 Å². The quantitative estimate of drug-likeness (QED) is 0.489. The van der Waals surface area contributed by atoms with Crippen molar-refractivity contribution in [2.45, 2.75) is 31.7 Å². The monoisotopic (exact) mass is 449 g/mol. The van der Waals surface area contributed by atoms with Gasteiger partial charge in [-0.25, -0.2) is 0 Å². The fourth-order valence-electron chi connectivity index (χ4n) is 3.11. The van der Waals surface area contributed by atoms with E-state index in [1.165, 1.54) is 14.2 Å². The average molecular weight is 449 g/mol. The Kier molecular flexibility index (Phi) is 8.07. The molecule has 0 aromatic heterocycles. The zero-order valence-corrected chi connectivity index (χ0v) is 17.6. The lowest BCUT2D eigenvalue weighted by Gasteiger charge is -2.24. The van der Waals surface area contributed by atoms with Gasteiger partial charge < -0.3 is 14.8 Å². The third kappa shape index (κ3) is 6.63. The molecule has 0 radical (unpaired) electrons. The molecule has 1 N–H and O–H groups in total. The van der Waals surface area contributed by atoms with Gasteiger partial charge in [-0.05, 0) is 48.2 Å². The molecule has 0 aliphatic rings. The topological polar surface area (TPSA) is 91.7 Å². The number of para-hydroxylation sites is 1. The Bertz CT molecular complexity index is 987. The first kappa shape index (κ1) is 24.5. The number of alkyl halides is 3. The van der Waals surface area contributed by atoms with E-state index in [0.717, 1.165) is 34.7 Å². The highest BCUT2D eigenvalue weighted by Gasteiger charge is 2.31. The van der Waals surface area contributed by atoms with Gasteiger partial charge in [0, 0.05) is 12.6 Å². The molecular formula is C22H22F3N3O4. The molecule has 2 aromatic carbocycles. The zero-order valence-electron chi connectivity index (χ0n) is 17.6. The molecule has 170 valence electrons. The number of hydrogen-bond acceptors (Lipinski definition) is 5. The summed E-state index contributed by atoms with van der Waals surface area (Å²) >= 11 is 0. The van der Waals surface area contributed by atoms with Gasteiger partial charge in [0.25, 0.3) is 11.8 Å². The average Bonchev–Trinajstić information content (AvgIpc) is 2.76. The van der Waals surface area contributed by atoms with Crippen LogP contribution in [-0.2, 0) is 4.79 Å². The van der Waals surface area contributed by atoms with Crippen LogP contribution in [0.5, 0.6) is 11.5 Å². The van der Waals surface area contributed by atoms with E-state index >= 15 is 0 Å². The van der Waals surface area contributed by atoms with Crippen LogP contribution in [-0.4, -0.2) is 43.3 Å². The molecule has 0 aliphatic carbocycles. The number of ether oxygens (including phenoxy) is 2. The Morgan fingerprint density at radius 1 is 1.16 bits per heavy atom. The van der Waals surface area contributed by atoms with Crippen LogP contribution < -0.4 is 14.8 Å². The summed E-state index contributed by atoms with van der Waals surface area (Å²) in [5, 5.41) is 11.6. The fourth-order valence-corrected chi connectivity index (χ4v) is 3.11. The molecule has 7 nitrogen and oxygen atoms in total. The largest absolute Gasteiger partial charge is 0.573 e. The van der Waals surface area contributed by atoms with Gasteiger partial charge in [-0.15, -0.1) is 13.2 Å². The van der Waals surface area contributed by atoms with Gasteiger partial charge in [-0.2, -0.15) is 5.26 Å². The SMILES string of the molecule is COc1ccccc1C(C)C[C@H](NC(=O)c1ccc(OC(F)(F)F)cc1)C(=O)N(C)C#N. The molecule has 0 saturated carbocycles. The van der Waals surface area contributed by atoms with Crippen LogP contribution in [0.3, 0.4) is 0 Å². The van der Waals surface area contributed by atoms with Crippen molar-refractivity contribution in [3.8, 4) is 17.7 Å². The van der Waals surface area contributed by atoms with Crippen LogP contribution in [0.2, 0.25) is 0 Å². The molecule has 0 spiro atoms. The van der Waals surface area contributed by atoms with E-state index in [9.17, 15) is 22.8 Å². The first-order valence-corrected chi connectivity index (χ1v) is 9.52. The predicted octanol–water partition coefficient (Wildman–Crippen LogP) is 3.83. The van der Waals surface area contributed by atoms with E-state index in [1.54, 1.807) is 18.3 Å². The molecule has 2 atom stereocenters. The Balaban J connectivity index is 2.21. The first-order valence-electron chi connectivity index (χ1n) is 9.52. The number of nitrogens with zero attached hydrogens (tertiary/aromatic N) is 2. The number of carbonyl (C=O) groups is 2. The van der Waals surface area contributed by atoms with Crippen LogP contribution in [0, 0.1) is 11.5 Å². The second-order valence-electron chi connectivity index (χ2n) is 6.97. The molecule has 2 amide bonds. The van der Waals surface area contributed by atoms with Crippen molar-refractivity contribution >= 4 is 11.8 Å². The number of hydrogen-bond donors (Lipinski definition) is 1. The molecule has 0 bridgehead atoms. The van der Waals surface area contributed by atoms with Gasteiger partial charge in [0.1, 0.15) is 17.5 Å². The maximum Gasteiger partial charge on any atom is 0.573 e. The maximum absolute atomic E-state index is 12.7. The molecule has 10 heteroatoms. The Morgan fingerprint density at radius 2 is 1.78 bits per heavy atom. The number of methoxy groups -OCH3 is 1. The third-order valence-corrected chi connectivity index (χ3v) is 4.69. The Morgan fingerprint density at radius 3 is 2.34 bits per heavy atom. The summed E-state index contributed by atoms with van der Waals surface area (Å²) in [5.74, 6) is -1.39. The first-order chi connectivity index (χ1) is 15.1. The van der Waals surface area contributed by atoms with Crippen molar-refractivity contribution in [3.63, 3.8) is 0 Å². The number of carbonyl (C=O) groups excluding carboxylic acids is 2. The molecular weight excluding hydrogens is 427 g/mol. The maximum atomic E-state index is 12.7. The lowest BCUT2D eigenvalue weighted by Crippen LogP contribution is -2.46. The number of halogens is 3. The lowest BCUT2D eigenvalue weighted by molar-refractivity contribution is -0.274.